The van der Waals surface area contributed by atoms with E-state index < -0.39 is 5.92 Å². The van der Waals surface area contributed by atoms with E-state index in [1.54, 1.807) is 0 Å². The molecular formula is C10H17F2N. The van der Waals surface area contributed by atoms with Gasteiger partial charge in [0.05, 0.1) is 0 Å². The van der Waals surface area contributed by atoms with Crippen LogP contribution >= 0.6 is 0 Å². The molecule has 76 valence electrons. The molecule has 0 bridgehead atoms. The molecule has 3 atom stereocenters. The van der Waals surface area contributed by atoms with Crippen LogP contribution in [-0.2, 0) is 0 Å². The Bertz CT molecular complexity index is 232. The van der Waals surface area contributed by atoms with Gasteiger partial charge in [0.25, 0.3) is 5.92 Å². The van der Waals surface area contributed by atoms with E-state index in [2.05, 4.69) is 25.7 Å². The van der Waals surface area contributed by atoms with E-state index in [-0.39, 0.29) is 23.4 Å². The minimum absolute atomic E-state index is 0.0307. The quantitative estimate of drug-likeness (QED) is 0.565. The molecule has 2 aliphatic rings. The van der Waals surface area contributed by atoms with Crippen molar-refractivity contribution in [2.75, 3.05) is 6.54 Å². The second-order valence-electron chi connectivity index (χ2n) is 5.37. The van der Waals surface area contributed by atoms with Crippen molar-refractivity contribution in [3.63, 3.8) is 0 Å². The van der Waals surface area contributed by atoms with E-state index in [4.69, 9.17) is 0 Å². The highest BCUT2D eigenvalue weighted by atomic mass is 19.3. The number of halogens is 2. The third-order valence-electron chi connectivity index (χ3n) is 3.53. The Morgan fingerprint density at radius 2 is 1.85 bits per heavy atom. The molecule has 0 aromatic rings. The van der Waals surface area contributed by atoms with Crippen molar-refractivity contribution in [3.05, 3.63) is 0 Å². The number of piperidine rings is 1. The molecule has 0 spiro atoms. The molecule has 1 aliphatic heterocycles. The third-order valence-corrected chi connectivity index (χ3v) is 3.53. The van der Waals surface area contributed by atoms with Gasteiger partial charge in [-0.25, -0.2) is 8.78 Å². The van der Waals surface area contributed by atoms with Gasteiger partial charge in [0, 0.05) is 30.0 Å². The van der Waals surface area contributed by atoms with Crippen LogP contribution in [0.1, 0.15) is 27.7 Å². The van der Waals surface area contributed by atoms with Crippen molar-refractivity contribution >= 4 is 0 Å². The molecule has 1 aliphatic carbocycles. The zero-order valence-corrected chi connectivity index (χ0v) is 8.64. The summed E-state index contributed by atoms with van der Waals surface area (Å²) < 4.78 is 26.1. The molecule has 1 saturated heterocycles. The number of hydrogen-bond donors (Lipinski definition) is 0. The number of hydrogen-bond acceptors (Lipinski definition) is 1. The van der Waals surface area contributed by atoms with Gasteiger partial charge in [-0.3, -0.25) is 4.90 Å². The van der Waals surface area contributed by atoms with Crippen molar-refractivity contribution in [2.45, 2.75) is 45.2 Å². The molecule has 13 heavy (non-hydrogen) atoms. The predicted octanol–water partition coefficient (Wildman–Crippen LogP) is 2.37. The van der Waals surface area contributed by atoms with Crippen LogP contribution in [0.4, 0.5) is 8.78 Å². The largest absolute Gasteiger partial charge is 0.295 e. The number of fused-ring (bicyclic) bond motifs is 1. The molecule has 1 heterocycles. The molecule has 2 fully saturated rings. The first-order chi connectivity index (χ1) is 5.76. The second kappa shape index (κ2) is 2.25. The highest BCUT2D eigenvalue weighted by Crippen LogP contribution is 2.62. The summed E-state index contributed by atoms with van der Waals surface area (Å²) in [5.41, 5.74) is 0.0307. The highest BCUT2D eigenvalue weighted by molar-refractivity contribution is 5.17. The summed E-state index contributed by atoms with van der Waals surface area (Å²) in [5, 5.41) is 0. The van der Waals surface area contributed by atoms with Crippen LogP contribution in [0.5, 0.6) is 0 Å². The van der Waals surface area contributed by atoms with Crippen molar-refractivity contribution in [1.29, 1.82) is 0 Å². The molecule has 3 unspecified atom stereocenters. The maximum absolute atomic E-state index is 13.0. The van der Waals surface area contributed by atoms with Gasteiger partial charge < -0.3 is 0 Å². The lowest BCUT2D eigenvalue weighted by Crippen LogP contribution is -2.47. The number of nitrogens with zero attached hydrogens (tertiary/aromatic N) is 1. The zero-order valence-electron chi connectivity index (χ0n) is 8.64. The number of rotatable bonds is 0. The van der Waals surface area contributed by atoms with Gasteiger partial charge in [0.15, 0.2) is 0 Å². The third kappa shape index (κ3) is 1.13. The maximum atomic E-state index is 13.0. The fraction of sp³-hybridized carbons (Fsp3) is 1.00. The van der Waals surface area contributed by atoms with Gasteiger partial charge in [-0.15, -0.1) is 0 Å². The molecule has 1 saturated carbocycles. The summed E-state index contributed by atoms with van der Waals surface area (Å²) >= 11 is 0. The molecule has 3 heteroatoms. The smallest absolute Gasteiger partial charge is 0.257 e. The molecule has 1 nitrogen and oxygen atoms in total. The average molecular weight is 189 g/mol. The number of likely N-dealkylation sites (tertiary alicyclic amines) is 1. The van der Waals surface area contributed by atoms with E-state index in [1.807, 2.05) is 6.92 Å². The van der Waals surface area contributed by atoms with Gasteiger partial charge >= 0.3 is 0 Å². The van der Waals surface area contributed by atoms with Crippen molar-refractivity contribution in [3.8, 4) is 0 Å². The lowest BCUT2D eigenvalue weighted by Gasteiger charge is -2.38. The predicted molar refractivity (Wildman–Crippen MR) is 47.8 cm³/mol. The molecule has 0 N–H and O–H groups in total. The van der Waals surface area contributed by atoms with Crippen molar-refractivity contribution < 1.29 is 8.78 Å². The van der Waals surface area contributed by atoms with Gasteiger partial charge in [-0.1, -0.05) is 0 Å². The maximum Gasteiger partial charge on any atom is 0.257 e. The van der Waals surface area contributed by atoms with E-state index in [0.717, 1.165) is 0 Å². The minimum Gasteiger partial charge on any atom is -0.295 e. The summed E-state index contributed by atoms with van der Waals surface area (Å²) in [6.07, 6.45) is 0. The summed E-state index contributed by atoms with van der Waals surface area (Å²) in [6, 6.07) is 0.0417. The van der Waals surface area contributed by atoms with Crippen LogP contribution in [0, 0.1) is 11.8 Å². The topological polar surface area (TPSA) is 3.24 Å². The van der Waals surface area contributed by atoms with Crippen LogP contribution in [0.15, 0.2) is 0 Å². The van der Waals surface area contributed by atoms with Gasteiger partial charge in [0.1, 0.15) is 0 Å². The lowest BCUT2D eigenvalue weighted by molar-refractivity contribution is 0.00754. The van der Waals surface area contributed by atoms with Crippen LogP contribution in [0.25, 0.3) is 0 Å². The summed E-state index contributed by atoms with van der Waals surface area (Å²) in [5.74, 6) is -3.09. The molecular weight excluding hydrogens is 172 g/mol. The molecule has 0 aromatic carbocycles. The second-order valence-corrected chi connectivity index (χ2v) is 5.37. The first kappa shape index (κ1) is 9.38. The monoisotopic (exact) mass is 189 g/mol. The average Bonchev–Trinajstić information content (AvgIpc) is 2.33. The summed E-state index contributed by atoms with van der Waals surface area (Å²) in [6.45, 7) is 8.77. The Labute approximate surface area is 78.1 Å². The molecule has 0 radical (unpaired) electrons. The first-order valence-electron chi connectivity index (χ1n) is 4.91. The summed E-state index contributed by atoms with van der Waals surface area (Å²) in [4.78, 5) is 2.19. The highest BCUT2D eigenvalue weighted by Gasteiger charge is 2.75. The molecule has 0 amide bonds. The Morgan fingerprint density at radius 1 is 1.31 bits per heavy atom. The van der Waals surface area contributed by atoms with Crippen LogP contribution in [0.2, 0.25) is 0 Å². The van der Waals surface area contributed by atoms with E-state index in [1.165, 1.54) is 0 Å². The SMILES string of the molecule is CC1C2C(CN1C(C)(C)C)C2(F)F. The van der Waals surface area contributed by atoms with Crippen LogP contribution in [0.3, 0.4) is 0 Å². The Morgan fingerprint density at radius 3 is 2.15 bits per heavy atom. The van der Waals surface area contributed by atoms with Crippen molar-refractivity contribution in [1.82, 2.24) is 4.90 Å². The Balaban J connectivity index is 2.11. The Hall–Kier alpha value is -0.180. The van der Waals surface area contributed by atoms with Crippen LogP contribution < -0.4 is 0 Å². The summed E-state index contributed by atoms with van der Waals surface area (Å²) in [7, 11) is 0. The first-order valence-corrected chi connectivity index (χ1v) is 4.91. The van der Waals surface area contributed by atoms with Crippen LogP contribution in [-0.4, -0.2) is 28.9 Å². The van der Waals surface area contributed by atoms with E-state index in [0.29, 0.717) is 6.54 Å². The van der Waals surface area contributed by atoms with Gasteiger partial charge in [0.2, 0.25) is 0 Å². The molecule has 2 rings (SSSR count). The lowest BCUT2D eigenvalue weighted by atomic mass is 10.0. The fourth-order valence-corrected chi connectivity index (χ4v) is 2.77. The van der Waals surface area contributed by atoms with Gasteiger partial charge in [-0.05, 0) is 27.7 Å². The standard InChI is InChI=1S/C10H17F2N/c1-6-8-7(10(8,11)12)5-13(6)9(2,3)4/h6-8H,5H2,1-4H3. The van der Waals surface area contributed by atoms with E-state index in [9.17, 15) is 8.78 Å². The van der Waals surface area contributed by atoms with Gasteiger partial charge in [-0.2, -0.15) is 0 Å². The normalized spacial score (nSPS) is 43.4. The fourth-order valence-electron chi connectivity index (χ4n) is 2.77. The Kier molecular flexibility index (Phi) is 1.62. The number of alkyl halides is 2. The van der Waals surface area contributed by atoms with E-state index >= 15 is 0 Å². The van der Waals surface area contributed by atoms with Crippen molar-refractivity contribution in [2.24, 2.45) is 11.8 Å². The minimum atomic E-state index is -2.36. The molecule has 0 aromatic heterocycles. The zero-order chi connectivity index (χ0) is 10.0.